The molecule has 1 heterocycles. The molecule has 1 rings (SSSR count). The van der Waals surface area contributed by atoms with Crippen molar-refractivity contribution in [2.75, 3.05) is 0 Å². The molecule has 4 heteroatoms. The van der Waals surface area contributed by atoms with Gasteiger partial charge in [0.05, 0.1) is 0 Å². The molecule has 3 N–H and O–H groups in total. The molecule has 70 valence electrons. The molecular formula is C8H15FN2O. The highest BCUT2D eigenvalue weighted by molar-refractivity contribution is 5.73. The monoisotopic (exact) mass is 174 g/mol. The number of carbonyl (C=O) groups is 1. The second kappa shape index (κ2) is 9.68. The Hall–Kier alpha value is -1.32. The van der Waals surface area contributed by atoms with Crippen molar-refractivity contribution in [2.24, 2.45) is 5.73 Å². The number of primary amides is 1. The fourth-order valence-electron chi connectivity index (χ4n) is 0.524. The summed E-state index contributed by atoms with van der Waals surface area (Å²) in [6.45, 7) is 1.92. The number of hydrogen-bond donors (Lipinski definition) is 2. The third-order valence-corrected chi connectivity index (χ3v) is 0.992. The average molecular weight is 174 g/mol. The number of aromatic nitrogens is 1. The van der Waals surface area contributed by atoms with Gasteiger partial charge in [-0.2, -0.15) is 0 Å². The molecule has 0 fully saturated rings. The van der Waals surface area contributed by atoms with Crippen molar-refractivity contribution in [3.63, 3.8) is 0 Å². The van der Waals surface area contributed by atoms with E-state index in [0.29, 0.717) is 6.42 Å². The summed E-state index contributed by atoms with van der Waals surface area (Å²) in [5, 5.41) is 0. The van der Waals surface area contributed by atoms with Crippen LogP contribution in [0.3, 0.4) is 0 Å². The van der Waals surface area contributed by atoms with Crippen molar-refractivity contribution in [2.45, 2.75) is 19.8 Å². The lowest BCUT2D eigenvalue weighted by molar-refractivity contribution is -0.118. The van der Waals surface area contributed by atoms with Crippen molar-refractivity contribution in [1.82, 2.24) is 4.98 Å². The van der Waals surface area contributed by atoms with Crippen LogP contribution in [0.2, 0.25) is 0 Å². The highest BCUT2D eigenvalue weighted by Crippen LogP contribution is 1.79. The smallest absolute Gasteiger partial charge is 0.217 e. The molecule has 1 amide bonds. The minimum Gasteiger partial charge on any atom is -0.370 e. The molecular weight excluding hydrogens is 159 g/mol. The van der Waals surface area contributed by atoms with Gasteiger partial charge < -0.3 is 10.7 Å². The summed E-state index contributed by atoms with van der Waals surface area (Å²) < 4.78 is 0. The topological polar surface area (TPSA) is 58.9 Å². The van der Waals surface area contributed by atoms with Crippen molar-refractivity contribution in [1.29, 1.82) is 0 Å². The Balaban J connectivity index is 0. The van der Waals surface area contributed by atoms with Gasteiger partial charge in [0.1, 0.15) is 0 Å². The predicted molar refractivity (Wildman–Crippen MR) is 47.4 cm³/mol. The molecule has 12 heavy (non-hydrogen) atoms. The minimum absolute atomic E-state index is 0. The Morgan fingerprint density at radius 3 is 2.00 bits per heavy atom. The number of nitrogens with two attached hydrogens (primary N) is 1. The summed E-state index contributed by atoms with van der Waals surface area (Å²) in [4.78, 5) is 12.7. The van der Waals surface area contributed by atoms with Gasteiger partial charge in [0.15, 0.2) is 0 Å². The number of hydrogen-bond acceptors (Lipinski definition) is 1. The molecule has 0 saturated carbocycles. The second-order valence-corrected chi connectivity index (χ2v) is 2.10. The summed E-state index contributed by atoms with van der Waals surface area (Å²) >= 11 is 0. The van der Waals surface area contributed by atoms with Crippen molar-refractivity contribution < 1.29 is 9.50 Å². The SMILES string of the molecule is CCCC(N)=O.F.c1cc[nH]c1. The molecule has 0 bridgehead atoms. The molecule has 0 aliphatic heterocycles. The van der Waals surface area contributed by atoms with Gasteiger partial charge in [-0.05, 0) is 18.6 Å². The summed E-state index contributed by atoms with van der Waals surface area (Å²) in [6, 6.07) is 3.89. The van der Waals surface area contributed by atoms with Gasteiger partial charge in [-0.3, -0.25) is 9.50 Å². The van der Waals surface area contributed by atoms with Crippen LogP contribution in [0.4, 0.5) is 4.70 Å². The zero-order chi connectivity index (χ0) is 8.53. The number of rotatable bonds is 2. The quantitative estimate of drug-likeness (QED) is 0.700. The zero-order valence-corrected chi connectivity index (χ0v) is 7.12. The van der Waals surface area contributed by atoms with Gasteiger partial charge in [0, 0.05) is 18.8 Å². The van der Waals surface area contributed by atoms with Crippen molar-refractivity contribution in [3.8, 4) is 0 Å². The second-order valence-electron chi connectivity index (χ2n) is 2.10. The van der Waals surface area contributed by atoms with Crippen LogP contribution in [-0.4, -0.2) is 10.9 Å². The maximum Gasteiger partial charge on any atom is 0.217 e. The van der Waals surface area contributed by atoms with Crippen LogP contribution >= 0.6 is 0 Å². The highest BCUT2D eigenvalue weighted by atomic mass is 19.0. The van der Waals surface area contributed by atoms with E-state index in [9.17, 15) is 4.79 Å². The Labute approximate surface area is 71.3 Å². The lowest BCUT2D eigenvalue weighted by Gasteiger charge is -1.81. The van der Waals surface area contributed by atoms with Gasteiger partial charge in [-0.25, -0.2) is 0 Å². The Bertz CT molecular complexity index is 158. The predicted octanol–water partition coefficient (Wildman–Crippen LogP) is 1.44. The number of H-pyrrole nitrogens is 1. The first-order valence-electron chi connectivity index (χ1n) is 3.63. The summed E-state index contributed by atoms with van der Waals surface area (Å²) in [6.07, 6.45) is 5.12. The highest BCUT2D eigenvalue weighted by Gasteiger charge is 1.84. The molecule has 1 aromatic rings. The number of nitrogens with one attached hydrogen (secondary N) is 1. The summed E-state index contributed by atoms with van der Waals surface area (Å²) in [7, 11) is 0. The normalized spacial score (nSPS) is 7.42. The fourth-order valence-corrected chi connectivity index (χ4v) is 0.524. The van der Waals surface area contributed by atoms with Gasteiger partial charge in [-0.15, -0.1) is 0 Å². The van der Waals surface area contributed by atoms with Gasteiger partial charge in [-0.1, -0.05) is 6.92 Å². The van der Waals surface area contributed by atoms with E-state index in [1.165, 1.54) is 0 Å². The average Bonchev–Trinajstić information content (AvgIpc) is 2.41. The Kier molecular flexibility index (Phi) is 10.7. The molecule has 0 aliphatic rings. The Morgan fingerprint density at radius 2 is 1.92 bits per heavy atom. The molecule has 1 aromatic heterocycles. The van der Waals surface area contributed by atoms with E-state index in [0.717, 1.165) is 6.42 Å². The van der Waals surface area contributed by atoms with Crippen LogP contribution in [0.25, 0.3) is 0 Å². The van der Waals surface area contributed by atoms with Crippen molar-refractivity contribution in [3.05, 3.63) is 24.5 Å². The molecule has 0 aliphatic carbocycles. The van der Waals surface area contributed by atoms with Crippen LogP contribution < -0.4 is 5.73 Å². The first kappa shape index (κ1) is 13.3. The molecule has 0 radical (unpaired) electrons. The first-order chi connectivity index (χ1) is 5.27. The maximum atomic E-state index is 9.82. The van der Waals surface area contributed by atoms with E-state index >= 15 is 0 Å². The molecule has 3 nitrogen and oxygen atoms in total. The number of carbonyl (C=O) groups excluding carboxylic acids is 1. The number of halogens is 1. The Morgan fingerprint density at radius 1 is 1.42 bits per heavy atom. The van der Waals surface area contributed by atoms with Crippen molar-refractivity contribution >= 4 is 5.91 Å². The molecule has 0 spiro atoms. The summed E-state index contributed by atoms with van der Waals surface area (Å²) in [5.41, 5.74) is 4.76. The maximum absolute atomic E-state index is 9.82. The molecule has 0 aromatic carbocycles. The van der Waals surface area contributed by atoms with E-state index in [4.69, 9.17) is 5.73 Å². The van der Waals surface area contributed by atoms with Crippen LogP contribution in [0, 0.1) is 0 Å². The number of amides is 1. The van der Waals surface area contributed by atoms with E-state index in [2.05, 4.69) is 4.98 Å². The minimum atomic E-state index is -0.211. The van der Waals surface area contributed by atoms with Gasteiger partial charge in [0.2, 0.25) is 5.91 Å². The first-order valence-corrected chi connectivity index (χ1v) is 3.63. The lowest BCUT2D eigenvalue weighted by Crippen LogP contribution is -2.08. The molecule has 0 unspecified atom stereocenters. The van der Waals surface area contributed by atoms with Crippen LogP contribution in [0.1, 0.15) is 19.8 Å². The molecule has 0 saturated heterocycles. The lowest BCUT2D eigenvalue weighted by atomic mass is 10.3. The zero-order valence-electron chi connectivity index (χ0n) is 7.12. The number of aromatic amines is 1. The summed E-state index contributed by atoms with van der Waals surface area (Å²) in [5.74, 6) is -0.211. The van der Waals surface area contributed by atoms with Gasteiger partial charge in [0.25, 0.3) is 0 Å². The third kappa shape index (κ3) is 11.5. The largest absolute Gasteiger partial charge is 0.370 e. The van der Waals surface area contributed by atoms with Crippen LogP contribution in [0.15, 0.2) is 24.5 Å². The standard InChI is InChI=1S/C4H9NO.C4H5N.FH/c1-2-3-4(5)6;1-2-4-5-3-1;/h2-3H2,1H3,(H2,5,6);1-5H;1H. The van der Waals surface area contributed by atoms with Crippen LogP contribution in [-0.2, 0) is 4.79 Å². The van der Waals surface area contributed by atoms with E-state index < -0.39 is 0 Å². The van der Waals surface area contributed by atoms with E-state index in [-0.39, 0.29) is 10.6 Å². The van der Waals surface area contributed by atoms with Crippen LogP contribution in [0.5, 0.6) is 0 Å². The molecule has 0 atom stereocenters. The van der Waals surface area contributed by atoms with E-state index in [1.54, 1.807) is 0 Å². The van der Waals surface area contributed by atoms with Gasteiger partial charge >= 0.3 is 0 Å². The fraction of sp³-hybridized carbons (Fsp3) is 0.375. The van der Waals surface area contributed by atoms with E-state index in [1.807, 2.05) is 31.5 Å². The third-order valence-electron chi connectivity index (χ3n) is 0.992.